The number of amides is 1. The smallest absolute Gasteiger partial charge is 0.357 e. The number of halogens is 3. The van der Waals surface area contributed by atoms with E-state index in [1.165, 1.54) is 25.1 Å². The highest BCUT2D eigenvalue weighted by Crippen LogP contribution is 2.33. The standard InChI is InChI=1S/C23H22F3N5O2/c1-15-12-19(32)21(29-31(15)18-7-3-2-6-17(18)23(24,25)26)22(33)28-14-16-8-9-27-20(13-16)30-10-4-5-11-30/h2-3,6-9,12-13H,4-5,10-11,14H2,1H3,(H,28,33). The maximum absolute atomic E-state index is 13.5. The van der Waals surface area contributed by atoms with Crippen LogP contribution in [0, 0.1) is 6.92 Å². The van der Waals surface area contributed by atoms with Gasteiger partial charge in [0.15, 0.2) is 5.69 Å². The molecule has 1 fully saturated rings. The van der Waals surface area contributed by atoms with Crippen molar-refractivity contribution in [2.75, 3.05) is 18.0 Å². The van der Waals surface area contributed by atoms with Crippen molar-refractivity contribution in [2.45, 2.75) is 32.5 Å². The first-order valence-corrected chi connectivity index (χ1v) is 10.5. The lowest BCUT2D eigenvalue weighted by Gasteiger charge is -2.17. The van der Waals surface area contributed by atoms with E-state index in [0.29, 0.717) is 0 Å². The van der Waals surface area contributed by atoms with Gasteiger partial charge in [-0.15, -0.1) is 0 Å². The van der Waals surface area contributed by atoms with E-state index in [9.17, 15) is 22.8 Å². The molecule has 1 saturated heterocycles. The van der Waals surface area contributed by atoms with Gasteiger partial charge in [-0.2, -0.15) is 18.3 Å². The molecule has 33 heavy (non-hydrogen) atoms. The van der Waals surface area contributed by atoms with E-state index in [1.54, 1.807) is 12.3 Å². The van der Waals surface area contributed by atoms with E-state index in [2.05, 4.69) is 20.3 Å². The van der Waals surface area contributed by atoms with Gasteiger partial charge in [0.1, 0.15) is 5.82 Å². The summed E-state index contributed by atoms with van der Waals surface area (Å²) in [7, 11) is 0. The summed E-state index contributed by atoms with van der Waals surface area (Å²) in [6, 6.07) is 9.59. The van der Waals surface area contributed by atoms with E-state index < -0.39 is 28.8 Å². The first kappa shape index (κ1) is 22.5. The van der Waals surface area contributed by atoms with E-state index in [0.717, 1.165) is 54.1 Å². The fourth-order valence-corrected chi connectivity index (χ4v) is 3.80. The second-order valence-corrected chi connectivity index (χ2v) is 7.82. The third-order valence-corrected chi connectivity index (χ3v) is 5.45. The molecule has 1 amide bonds. The van der Waals surface area contributed by atoms with Crippen molar-refractivity contribution in [3.63, 3.8) is 0 Å². The Morgan fingerprint density at radius 2 is 1.85 bits per heavy atom. The summed E-state index contributed by atoms with van der Waals surface area (Å²) in [5, 5.41) is 6.61. The normalized spacial score (nSPS) is 13.9. The molecule has 2 aromatic heterocycles. The summed E-state index contributed by atoms with van der Waals surface area (Å²) in [5.74, 6) is 0.0524. The monoisotopic (exact) mass is 457 g/mol. The Kier molecular flexibility index (Phi) is 6.17. The molecular formula is C23H22F3N5O2. The molecule has 0 atom stereocenters. The Bertz CT molecular complexity index is 1230. The van der Waals surface area contributed by atoms with Crippen LogP contribution >= 0.6 is 0 Å². The van der Waals surface area contributed by atoms with E-state index >= 15 is 0 Å². The van der Waals surface area contributed by atoms with Crippen molar-refractivity contribution >= 4 is 11.7 Å². The predicted molar refractivity (Wildman–Crippen MR) is 116 cm³/mol. The Morgan fingerprint density at radius 1 is 1.12 bits per heavy atom. The average Bonchev–Trinajstić information content (AvgIpc) is 3.32. The van der Waals surface area contributed by atoms with Crippen LogP contribution in [0.3, 0.4) is 0 Å². The van der Waals surface area contributed by atoms with Crippen LogP contribution in [0.5, 0.6) is 0 Å². The zero-order chi connectivity index (χ0) is 23.6. The summed E-state index contributed by atoms with van der Waals surface area (Å²) >= 11 is 0. The van der Waals surface area contributed by atoms with Gasteiger partial charge in [-0.3, -0.25) is 9.59 Å². The van der Waals surface area contributed by atoms with Gasteiger partial charge in [0.25, 0.3) is 5.91 Å². The zero-order valence-corrected chi connectivity index (χ0v) is 17.9. The zero-order valence-electron chi connectivity index (χ0n) is 17.9. The molecule has 0 spiro atoms. The van der Waals surface area contributed by atoms with Crippen LogP contribution in [-0.2, 0) is 12.7 Å². The second-order valence-electron chi connectivity index (χ2n) is 7.82. The highest BCUT2D eigenvalue weighted by atomic mass is 19.4. The molecule has 0 radical (unpaired) electrons. The number of para-hydroxylation sites is 1. The summed E-state index contributed by atoms with van der Waals surface area (Å²) in [6.45, 7) is 3.43. The SMILES string of the molecule is Cc1cc(=O)c(C(=O)NCc2ccnc(N3CCCC3)c2)nn1-c1ccccc1C(F)(F)F. The number of hydrogen-bond donors (Lipinski definition) is 1. The van der Waals surface area contributed by atoms with E-state index in [4.69, 9.17) is 0 Å². The third-order valence-electron chi connectivity index (χ3n) is 5.45. The molecular weight excluding hydrogens is 435 g/mol. The van der Waals surface area contributed by atoms with Crippen molar-refractivity contribution in [3.8, 4) is 5.69 Å². The molecule has 1 aromatic carbocycles. The molecule has 172 valence electrons. The maximum atomic E-state index is 13.5. The average molecular weight is 457 g/mol. The molecule has 0 aliphatic carbocycles. The molecule has 7 nitrogen and oxygen atoms in total. The fraction of sp³-hybridized carbons (Fsp3) is 0.304. The lowest BCUT2D eigenvalue weighted by molar-refractivity contribution is -0.137. The number of anilines is 1. The number of aromatic nitrogens is 3. The van der Waals surface area contributed by atoms with Crippen molar-refractivity contribution in [2.24, 2.45) is 0 Å². The number of hydrogen-bond acceptors (Lipinski definition) is 5. The van der Waals surface area contributed by atoms with Gasteiger partial charge in [0.05, 0.1) is 11.3 Å². The molecule has 0 saturated carbocycles. The van der Waals surface area contributed by atoms with Crippen LogP contribution < -0.4 is 15.6 Å². The summed E-state index contributed by atoms with van der Waals surface area (Å²) < 4.78 is 41.4. The highest BCUT2D eigenvalue weighted by molar-refractivity contribution is 5.92. The van der Waals surface area contributed by atoms with Crippen molar-refractivity contribution in [3.05, 3.63) is 81.4 Å². The van der Waals surface area contributed by atoms with Gasteiger partial charge in [-0.05, 0) is 49.6 Å². The molecule has 1 aliphatic heterocycles. The molecule has 0 bridgehead atoms. The number of carbonyl (C=O) groups is 1. The van der Waals surface area contributed by atoms with Gasteiger partial charge >= 0.3 is 6.18 Å². The minimum atomic E-state index is -4.62. The van der Waals surface area contributed by atoms with Gasteiger partial charge in [0.2, 0.25) is 5.43 Å². The number of nitrogens with one attached hydrogen (secondary N) is 1. The van der Waals surface area contributed by atoms with Gasteiger partial charge in [-0.1, -0.05) is 12.1 Å². The molecule has 4 rings (SSSR count). The minimum absolute atomic E-state index is 0.121. The Morgan fingerprint density at radius 3 is 2.58 bits per heavy atom. The van der Waals surface area contributed by atoms with Crippen molar-refractivity contribution in [1.82, 2.24) is 20.1 Å². The van der Waals surface area contributed by atoms with Gasteiger partial charge in [0, 0.05) is 37.6 Å². The largest absolute Gasteiger partial charge is 0.418 e. The van der Waals surface area contributed by atoms with E-state index in [-0.39, 0.29) is 17.9 Å². The van der Waals surface area contributed by atoms with Crippen LogP contribution in [0.15, 0.2) is 53.5 Å². The van der Waals surface area contributed by atoms with Crippen LogP contribution in [0.2, 0.25) is 0 Å². The van der Waals surface area contributed by atoms with Gasteiger partial charge in [-0.25, -0.2) is 9.67 Å². The summed E-state index contributed by atoms with van der Waals surface area (Å²) in [6.07, 6.45) is -0.762. The summed E-state index contributed by atoms with van der Waals surface area (Å²) in [4.78, 5) is 31.6. The van der Waals surface area contributed by atoms with Crippen LogP contribution in [0.4, 0.5) is 19.0 Å². The molecule has 1 N–H and O–H groups in total. The topological polar surface area (TPSA) is 80.1 Å². The minimum Gasteiger partial charge on any atom is -0.357 e. The Hall–Kier alpha value is -3.69. The molecule has 3 heterocycles. The number of nitrogens with zero attached hydrogens (tertiary/aromatic N) is 4. The summed E-state index contributed by atoms with van der Waals surface area (Å²) in [5.41, 5.74) is -1.36. The van der Waals surface area contributed by atoms with Crippen LogP contribution in [-0.4, -0.2) is 33.8 Å². The highest BCUT2D eigenvalue weighted by Gasteiger charge is 2.34. The lowest BCUT2D eigenvalue weighted by atomic mass is 10.1. The molecule has 3 aromatic rings. The number of pyridine rings is 1. The number of rotatable bonds is 5. The molecule has 0 unspecified atom stereocenters. The number of benzene rings is 1. The van der Waals surface area contributed by atoms with Crippen LogP contribution in [0.25, 0.3) is 5.69 Å². The van der Waals surface area contributed by atoms with Crippen molar-refractivity contribution in [1.29, 1.82) is 0 Å². The third kappa shape index (κ3) is 4.89. The predicted octanol–water partition coefficient (Wildman–Crippen LogP) is 3.48. The fourth-order valence-electron chi connectivity index (χ4n) is 3.80. The molecule has 1 aliphatic rings. The second kappa shape index (κ2) is 9.05. The Balaban J connectivity index is 1.59. The number of carbonyl (C=O) groups excluding carboxylic acids is 1. The lowest BCUT2D eigenvalue weighted by Crippen LogP contribution is -2.32. The van der Waals surface area contributed by atoms with Crippen LogP contribution in [0.1, 0.15) is 40.2 Å². The molecule has 10 heteroatoms. The Labute approximate surface area is 187 Å². The number of alkyl halides is 3. The van der Waals surface area contributed by atoms with Gasteiger partial charge < -0.3 is 10.2 Å². The number of aryl methyl sites for hydroxylation is 1. The van der Waals surface area contributed by atoms with Crippen molar-refractivity contribution < 1.29 is 18.0 Å². The van der Waals surface area contributed by atoms with E-state index in [1.807, 2.05) is 6.07 Å². The first-order chi connectivity index (χ1) is 15.7. The quantitative estimate of drug-likeness (QED) is 0.635. The maximum Gasteiger partial charge on any atom is 0.418 e. The first-order valence-electron chi connectivity index (χ1n) is 10.5.